The van der Waals surface area contributed by atoms with E-state index < -0.39 is 11.1 Å². The van der Waals surface area contributed by atoms with Crippen molar-refractivity contribution in [3.05, 3.63) is 16.1 Å². The standard InChI is InChI=1S/C9H12F3N3S.ClH/c10-9(11,12)7-5-14-8(16-7)6-15-3-1-13-2-4-15;/h5,13H,1-4,6H2;1H. The Morgan fingerprint density at radius 1 is 1.35 bits per heavy atom. The summed E-state index contributed by atoms with van der Waals surface area (Å²) in [5, 5.41) is 3.73. The molecule has 0 radical (unpaired) electrons. The third kappa shape index (κ3) is 4.09. The van der Waals surface area contributed by atoms with Gasteiger partial charge in [0.2, 0.25) is 0 Å². The molecule has 3 nitrogen and oxygen atoms in total. The van der Waals surface area contributed by atoms with Crippen LogP contribution in [-0.4, -0.2) is 36.1 Å². The summed E-state index contributed by atoms with van der Waals surface area (Å²) in [6, 6.07) is 0. The number of aromatic nitrogens is 1. The van der Waals surface area contributed by atoms with Gasteiger partial charge in [-0.2, -0.15) is 13.2 Å². The molecule has 0 spiro atoms. The fourth-order valence-corrected chi connectivity index (χ4v) is 2.40. The lowest BCUT2D eigenvalue weighted by atomic mass is 10.3. The van der Waals surface area contributed by atoms with Gasteiger partial charge in [0, 0.05) is 26.2 Å². The summed E-state index contributed by atoms with van der Waals surface area (Å²) < 4.78 is 37.0. The molecular formula is C9H13ClF3N3S. The summed E-state index contributed by atoms with van der Waals surface area (Å²) >= 11 is 0.735. The Labute approximate surface area is 107 Å². The van der Waals surface area contributed by atoms with E-state index in [9.17, 15) is 13.2 Å². The first-order valence-corrected chi connectivity index (χ1v) is 5.82. The van der Waals surface area contributed by atoms with Gasteiger partial charge >= 0.3 is 6.18 Å². The summed E-state index contributed by atoms with van der Waals surface area (Å²) in [7, 11) is 0. The van der Waals surface area contributed by atoms with Crippen LogP contribution in [-0.2, 0) is 12.7 Å². The summed E-state index contributed by atoms with van der Waals surface area (Å²) in [4.78, 5) is 5.31. The molecule has 1 aromatic heterocycles. The van der Waals surface area contributed by atoms with Crippen LogP contribution in [0.5, 0.6) is 0 Å². The van der Waals surface area contributed by atoms with Crippen molar-refractivity contribution >= 4 is 23.7 Å². The smallest absolute Gasteiger partial charge is 0.314 e. The highest BCUT2D eigenvalue weighted by molar-refractivity contribution is 7.11. The van der Waals surface area contributed by atoms with E-state index in [-0.39, 0.29) is 12.4 Å². The number of alkyl halides is 3. The monoisotopic (exact) mass is 287 g/mol. The van der Waals surface area contributed by atoms with Crippen LogP contribution in [0.4, 0.5) is 13.2 Å². The lowest BCUT2D eigenvalue weighted by Gasteiger charge is -2.26. The van der Waals surface area contributed by atoms with E-state index in [4.69, 9.17) is 0 Å². The van der Waals surface area contributed by atoms with Gasteiger partial charge in [-0.15, -0.1) is 23.7 Å². The first-order chi connectivity index (χ1) is 7.55. The SMILES string of the molecule is Cl.FC(F)(F)c1cnc(CN2CCNCC2)s1. The second kappa shape index (κ2) is 5.99. The molecule has 98 valence electrons. The predicted octanol–water partition coefficient (Wildman–Crippen LogP) is 1.99. The lowest BCUT2D eigenvalue weighted by molar-refractivity contribution is -0.134. The van der Waals surface area contributed by atoms with E-state index >= 15 is 0 Å². The number of rotatable bonds is 2. The summed E-state index contributed by atoms with van der Waals surface area (Å²) in [6.07, 6.45) is -3.35. The van der Waals surface area contributed by atoms with E-state index in [1.54, 1.807) is 0 Å². The lowest BCUT2D eigenvalue weighted by Crippen LogP contribution is -2.42. The molecule has 2 heterocycles. The van der Waals surface area contributed by atoms with Crippen molar-refractivity contribution in [2.24, 2.45) is 0 Å². The molecule has 1 saturated heterocycles. The van der Waals surface area contributed by atoms with E-state index in [0.717, 1.165) is 43.7 Å². The van der Waals surface area contributed by atoms with E-state index in [0.29, 0.717) is 11.6 Å². The van der Waals surface area contributed by atoms with E-state index in [1.165, 1.54) is 0 Å². The van der Waals surface area contributed by atoms with Crippen molar-refractivity contribution in [1.29, 1.82) is 0 Å². The minimum Gasteiger partial charge on any atom is -0.314 e. The van der Waals surface area contributed by atoms with Gasteiger partial charge in [-0.3, -0.25) is 4.90 Å². The van der Waals surface area contributed by atoms with Gasteiger partial charge < -0.3 is 5.32 Å². The van der Waals surface area contributed by atoms with Crippen molar-refractivity contribution in [3.63, 3.8) is 0 Å². The van der Waals surface area contributed by atoms with Crippen LogP contribution in [0.1, 0.15) is 9.88 Å². The Morgan fingerprint density at radius 2 is 2.00 bits per heavy atom. The molecule has 0 unspecified atom stereocenters. The molecule has 0 aromatic carbocycles. The minimum atomic E-state index is -4.26. The van der Waals surface area contributed by atoms with Crippen molar-refractivity contribution < 1.29 is 13.2 Å². The van der Waals surface area contributed by atoms with Crippen molar-refractivity contribution in [2.45, 2.75) is 12.7 Å². The van der Waals surface area contributed by atoms with Gasteiger partial charge in [-0.1, -0.05) is 0 Å². The van der Waals surface area contributed by atoms with Crippen molar-refractivity contribution in [1.82, 2.24) is 15.2 Å². The average molecular weight is 288 g/mol. The molecule has 17 heavy (non-hydrogen) atoms. The highest BCUT2D eigenvalue weighted by atomic mass is 35.5. The normalized spacial score (nSPS) is 17.8. The fraction of sp³-hybridized carbons (Fsp3) is 0.667. The van der Waals surface area contributed by atoms with Crippen LogP contribution in [0.3, 0.4) is 0 Å². The molecule has 0 atom stereocenters. The molecule has 1 aliphatic heterocycles. The second-order valence-corrected chi connectivity index (χ2v) is 4.76. The molecule has 1 N–H and O–H groups in total. The average Bonchev–Trinajstić information content (AvgIpc) is 2.67. The van der Waals surface area contributed by atoms with E-state index in [2.05, 4.69) is 15.2 Å². The number of hydrogen-bond donors (Lipinski definition) is 1. The quantitative estimate of drug-likeness (QED) is 0.902. The van der Waals surface area contributed by atoms with Crippen molar-refractivity contribution in [3.8, 4) is 0 Å². The third-order valence-corrected chi connectivity index (χ3v) is 3.43. The summed E-state index contributed by atoms with van der Waals surface area (Å²) in [5.74, 6) is 0. The Balaban J connectivity index is 0.00000144. The molecule has 0 amide bonds. The third-order valence-electron chi connectivity index (χ3n) is 2.40. The number of nitrogens with zero attached hydrogens (tertiary/aromatic N) is 2. The predicted molar refractivity (Wildman–Crippen MR) is 62.5 cm³/mol. The summed E-state index contributed by atoms with van der Waals surface area (Å²) in [5.41, 5.74) is 0. The largest absolute Gasteiger partial charge is 0.427 e. The van der Waals surface area contributed by atoms with E-state index in [1.807, 2.05) is 0 Å². The number of halogens is 4. The van der Waals surface area contributed by atoms with Crippen LogP contribution in [0.2, 0.25) is 0 Å². The molecule has 1 aromatic rings. The number of hydrogen-bond acceptors (Lipinski definition) is 4. The van der Waals surface area contributed by atoms with Gasteiger partial charge in [0.15, 0.2) is 0 Å². The zero-order valence-corrected chi connectivity index (χ0v) is 10.6. The molecular weight excluding hydrogens is 275 g/mol. The molecule has 0 saturated carbocycles. The van der Waals surface area contributed by atoms with Crippen LogP contribution in [0, 0.1) is 0 Å². The maximum Gasteiger partial charge on any atom is 0.427 e. The zero-order valence-electron chi connectivity index (χ0n) is 8.96. The van der Waals surface area contributed by atoms with Crippen molar-refractivity contribution in [2.75, 3.05) is 26.2 Å². The Hall–Kier alpha value is -0.370. The Morgan fingerprint density at radius 3 is 2.53 bits per heavy atom. The molecule has 1 aliphatic rings. The molecule has 8 heteroatoms. The van der Waals surface area contributed by atoms with Crippen LogP contribution in [0.25, 0.3) is 0 Å². The molecule has 2 rings (SSSR count). The molecule has 0 aliphatic carbocycles. The fourth-order valence-electron chi connectivity index (χ4n) is 1.57. The van der Waals surface area contributed by atoms with Crippen LogP contribution in [0.15, 0.2) is 6.20 Å². The highest BCUT2D eigenvalue weighted by Gasteiger charge is 2.33. The molecule has 0 bridgehead atoms. The van der Waals surface area contributed by atoms with Gasteiger partial charge in [0.25, 0.3) is 0 Å². The second-order valence-electron chi connectivity index (χ2n) is 3.64. The Bertz CT molecular complexity index is 350. The maximum absolute atomic E-state index is 12.3. The zero-order chi connectivity index (χ0) is 11.6. The van der Waals surface area contributed by atoms with Crippen LogP contribution < -0.4 is 5.32 Å². The van der Waals surface area contributed by atoms with Crippen LogP contribution >= 0.6 is 23.7 Å². The number of thiazole rings is 1. The number of nitrogens with one attached hydrogen (secondary N) is 1. The topological polar surface area (TPSA) is 28.2 Å². The minimum absolute atomic E-state index is 0. The molecule has 1 fully saturated rings. The van der Waals surface area contributed by atoms with Gasteiger partial charge in [0.05, 0.1) is 12.7 Å². The van der Waals surface area contributed by atoms with Gasteiger partial charge in [-0.05, 0) is 0 Å². The Kier molecular flexibility index (Phi) is 5.18. The maximum atomic E-state index is 12.3. The number of piperazine rings is 1. The van der Waals surface area contributed by atoms with Gasteiger partial charge in [-0.25, -0.2) is 4.98 Å². The van der Waals surface area contributed by atoms with Gasteiger partial charge in [0.1, 0.15) is 9.88 Å². The first kappa shape index (κ1) is 14.7. The summed E-state index contributed by atoms with van der Waals surface area (Å²) in [6.45, 7) is 4.01. The highest BCUT2D eigenvalue weighted by Crippen LogP contribution is 2.33. The first-order valence-electron chi connectivity index (χ1n) is 5.01.